The van der Waals surface area contributed by atoms with E-state index in [2.05, 4.69) is 25.9 Å². The van der Waals surface area contributed by atoms with Gasteiger partial charge >= 0.3 is 0 Å². The number of pyridine rings is 1. The zero-order chi connectivity index (χ0) is 14.8. The molecule has 0 saturated carbocycles. The van der Waals surface area contributed by atoms with Gasteiger partial charge in [-0.05, 0) is 32.4 Å². The summed E-state index contributed by atoms with van der Waals surface area (Å²) in [4.78, 5) is 20.2. The summed E-state index contributed by atoms with van der Waals surface area (Å²) in [6.45, 7) is 7.99. The number of carbonyl (C=O) groups is 1. The van der Waals surface area contributed by atoms with E-state index in [1.165, 1.54) is 0 Å². The van der Waals surface area contributed by atoms with Crippen LogP contribution in [0.15, 0.2) is 23.3 Å². The van der Waals surface area contributed by atoms with Crippen LogP contribution >= 0.6 is 0 Å². The van der Waals surface area contributed by atoms with Crippen molar-refractivity contribution in [2.45, 2.75) is 27.2 Å². The van der Waals surface area contributed by atoms with Gasteiger partial charge < -0.3 is 16.0 Å². The van der Waals surface area contributed by atoms with E-state index in [1.54, 1.807) is 12.3 Å². The molecule has 6 heteroatoms. The van der Waals surface area contributed by atoms with Crippen molar-refractivity contribution in [3.8, 4) is 0 Å². The summed E-state index contributed by atoms with van der Waals surface area (Å²) in [6.07, 6.45) is 2.05. The minimum atomic E-state index is -0.0857. The van der Waals surface area contributed by atoms with E-state index in [1.807, 2.05) is 26.8 Å². The molecule has 0 aliphatic rings. The fraction of sp³-hybridized carbons (Fsp3) is 0.500. The first-order chi connectivity index (χ1) is 9.65. The molecule has 3 N–H and O–H groups in total. The highest BCUT2D eigenvalue weighted by Crippen LogP contribution is 2.04. The van der Waals surface area contributed by atoms with Crippen LogP contribution in [0.2, 0.25) is 0 Å². The molecule has 1 heterocycles. The molecule has 1 amide bonds. The number of carbonyl (C=O) groups excluding carboxylic acids is 1. The van der Waals surface area contributed by atoms with Gasteiger partial charge in [-0.2, -0.15) is 0 Å². The summed E-state index contributed by atoms with van der Waals surface area (Å²) >= 11 is 0. The standard InChI is InChI=1S/C14H23N5O/c1-4-15-14(16-5-2)17-9-8-13(20)19-12-7-6-11(3)10-18-12/h6-7,10H,4-5,8-9H2,1-3H3,(H2,15,16,17)(H,18,19,20). The zero-order valence-electron chi connectivity index (χ0n) is 12.4. The van der Waals surface area contributed by atoms with Gasteiger partial charge in [0.2, 0.25) is 5.91 Å². The first-order valence-corrected chi connectivity index (χ1v) is 6.90. The first kappa shape index (κ1) is 15.9. The smallest absolute Gasteiger partial charge is 0.227 e. The van der Waals surface area contributed by atoms with Gasteiger partial charge in [0.1, 0.15) is 5.82 Å². The Hall–Kier alpha value is -2.11. The summed E-state index contributed by atoms with van der Waals surface area (Å²) in [5.74, 6) is 1.22. The number of aliphatic imine (C=N–C) groups is 1. The lowest BCUT2D eigenvalue weighted by molar-refractivity contribution is -0.116. The zero-order valence-corrected chi connectivity index (χ0v) is 12.4. The topological polar surface area (TPSA) is 78.4 Å². The van der Waals surface area contributed by atoms with Crippen molar-refractivity contribution >= 4 is 17.7 Å². The fourth-order valence-electron chi connectivity index (χ4n) is 1.53. The Labute approximate surface area is 120 Å². The molecule has 0 atom stereocenters. The SMILES string of the molecule is CCNC(=NCCC(=O)Nc1ccc(C)cn1)NCC. The normalized spacial score (nSPS) is 9.75. The Kier molecular flexibility index (Phi) is 7.10. The Morgan fingerprint density at radius 1 is 1.25 bits per heavy atom. The van der Waals surface area contributed by atoms with Crippen molar-refractivity contribution in [3.63, 3.8) is 0 Å². The third-order valence-electron chi connectivity index (χ3n) is 2.48. The lowest BCUT2D eigenvalue weighted by atomic mass is 10.3. The quantitative estimate of drug-likeness (QED) is 0.541. The first-order valence-electron chi connectivity index (χ1n) is 6.90. The molecule has 0 spiro atoms. The highest BCUT2D eigenvalue weighted by molar-refractivity contribution is 5.90. The van der Waals surface area contributed by atoms with Crippen LogP contribution in [-0.4, -0.2) is 36.5 Å². The van der Waals surface area contributed by atoms with Crippen molar-refractivity contribution in [3.05, 3.63) is 23.9 Å². The van der Waals surface area contributed by atoms with Gasteiger partial charge in [0.25, 0.3) is 0 Å². The van der Waals surface area contributed by atoms with Gasteiger partial charge in [-0.1, -0.05) is 6.07 Å². The van der Waals surface area contributed by atoms with Gasteiger partial charge in [-0.25, -0.2) is 4.98 Å². The summed E-state index contributed by atoms with van der Waals surface area (Å²) in [5, 5.41) is 8.96. The van der Waals surface area contributed by atoms with E-state index < -0.39 is 0 Å². The van der Waals surface area contributed by atoms with Gasteiger partial charge in [0.05, 0.1) is 6.54 Å². The molecule has 110 valence electrons. The predicted molar refractivity (Wildman–Crippen MR) is 81.9 cm³/mol. The van der Waals surface area contributed by atoms with Crippen LogP contribution in [0.4, 0.5) is 5.82 Å². The van der Waals surface area contributed by atoms with Crippen LogP contribution in [-0.2, 0) is 4.79 Å². The molecule has 6 nitrogen and oxygen atoms in total. The summed E-state index contributed by atoms with van der Waals surface area (Å²) in [5.41, 5.74) is 1.06. The number of hydrogen-bond acceptors (Lipinski definition) is 3. The molecule has 0 aliphatic carbocycles. The maximum Gasteiger partial charge on any atom is 0.227 e. The van der Waals surface area contributed by atoms with E-state index in [0.29, 0.717) is 18.8 Å². The third-order valence-corrected chi connectivity index (χ3v) is 2.48. The molecule has 0 aromatic carbocycles. The number of nitrogens with zero attached hydrogens (tertiary/aromatic N) is 2. The molecule has 0 aliphatic heterocycles. The van der Waals surface area contributed by atoms with Crippen LogP contribution in [0.25, 0.3) is 0 Å². The minimum Gasteiger partial charge on any atom is -0.357 e. The lowest BCUT2D eigenvalue weighted by Gasteiger charge is -2.09. The second kappa shape index (κ2) is 8.90. The average Bonchev–Trinajstić information content (AvgIpc) is 2.42. The van der Waals surface area contributed by atoms with Gasteiger partial charge in [0.15, 0.2) is 5.96 Å². The van der Waals surface area contributed by atoms with Crippen LogP contribution in [0.1, 0.15) is 25.8 Å². The van der Waals surface area contributed by atoms with E-state index in [0.717, 1.165) is 24.6 Å². The maximum absolute atomic E-state index is 11.7. The molecular weight excluding hydrogens is 254 g/mol. The van der Waals surface area contributed by atoms with Crippen LogP contribution < -0.4 is 16.0 Å². The molecular formula is C14H23N5O. The number of amides is 1. The van der Waals surface area contributed by atoms with Crippen molar-refractivity contribution in [2.24, 2.45) is 4.99 Å². The Morgan fingerprint density at radius 3 is 2.50 bits per heavy atom. The van der Waals surface area contributed by atoms with Gasteiger partial charge in [-0.3, -0.25) is 9.79 Å². The summed E-state index contributed by atoms with van der Waals surface area (Å²) in [6, 6.07) is 3.70. The second-order valence-electron chi connectivity index (χ2n) is 4.31. The second-order valence-corrected chi connectivity index (χ2v) is 4.31. The van der Waals surface area contributed by atoms with Crippen molar-refractivity contribution in [1.29, 1.82) is 0 Å². The molecule has 1 rings (SSSR count). The van der Waals surface area contributed by atoms with Crippen molar-refractivity contribution in [1.82, 2.24) is 15.6 Å². The Morgan fingerprint density at radius 2 is 1.95 bits per heavy atom. The van der Waals surface area contributed by atoms with E-state index >= 15 is 0 Å². The van der Waals surface area contributed by atoms with Crippen LogP contribution in [0.3, 0.4) is 0 Å². The third kappa shape index (κ3) is 6.17. The van der Waals surface area contributed by atoms with Gasteiger partial charge in [0, 0.05) is 25.7 Å². The molecule has 1 aromatic rings. The summed E-state index contributed by atoms with van der Waals surface area (Å²) < 4.78 is 0. The molecule has 0 radical (unpaired) electrons. The van der Waals surface area contributed by atoms with Crippen molar-refractivity contribution < 1.29 is 4.79 Å². The van der Waals surface area contributed by atoms with E-state index in [-0.39, 0.29) is 5.91 Å². The predicted octanol–water partition coefficient (Wildman–Crippen LogP) is 1.29. The minimum absolute atomic E-state index is 0.0857. The number of hydrogen-bond donors (Lipinski definition) is 3. The van der Waals surface area contributed by atoms with Crippen LogP contribution in [0, 0.1) is 6.92 Å². The van der Waals surface area contributed by atoms with E-state index in [4.69, 9.17) is 0 Å². The maximum atomic E-state index is 11.7. The van der Waals surface area contributed by atoms with E-state index in [9.17, 15) is 4.79 Å². The van der Waals surface area contributed by atoms with Crippen molar-refractivity contribution in [2.75, 3.05) is 25.0 Å². The number of nitrogens with one attached hydrogen (secondary N) is 3. The highest BCUT2D eigenvalue weighted by atomic mass is 16.1. The van der Waals surface area contributed by atoms with Crippen LogP contribution in [0.5, 0.6) is 0 Å². The number of rotatable bonds is 6. The lowest BCUT2D eigenvalue weighted by Crippen LogP contribution is -2.37. The summed E-state index contributed by atoms with van der Waals surface area (Å²) in [7, 11) is 0. The molecule has 20 heavy (non-hydrogen) atoms. The Bertz CT molecular complexity index is 433. The number of aryl methyl sites for hydroxylation is 1. The number of anilines is 1. The number of guanidine groups is 1. The van der Waals surface area contributed by atoms with Gasteiger partial charge in [-0.15, -0.1) is 0 Å². The Balaban J connectivity index is 2.38. The molecule has 0 unspecified atom stereocenters. The number of aromatic nitrogens is 1. The molecule has 0 fully saturated rings. The fourth-order valence-corrected chi connectivity index (χ4v) is 1.53. The average molecular weight is 277 g/mol. The molecule has 1 aromatic heterocycles. The molecule has 0 bridgehead atoms. The molecule has 0 saturated heterocycles. The highest BCUT2D eigenvalue weighted by Gasteiger charge is 2.03. The largest absolute Gasteiger partial charge is 0.357 e. The monoisotopic (exact) mass is 277 g/mol.